The van der Waals surface area contributed by atoms with Crippen LogP contribution in [0.25, 0.3) is 16.3 Å². The lowest BCUT2D eigenvalue weighted by Gasteiger charge is -2.40. The number of ketones is 1. The lowest BCUT2D eigenvalue weighted by molar-refractivity contribution is -0.143. The first kappa shape index (κ1) is 35.6. The Morgan fingerprint density at radius 3 is 2.28 bits per heavy atom. The number of piperidine rings is 1. The number of hydrogen-bond acceptors (Lipinski definition) is 3. The van der Waals surface area contributed by atoms with Crippen molar-refractivity contribution in [2.45, 2.75) is 49.6 Å². The van der Waals surface area contributed by atoms with Crippen molar-refractivity contribution < 1.29 is 40.7 Å². The highest BCUT2D eigenvalue weighted by Crippen LogP contribution is 2.47. The van der Waals surface area contributed by atoms with Gasteiger partial charge in [-0.15, -0.1) is 0 Å². The van der Waals surface area contributed by atoms with E-state index >= 15 is 0 Å². The molecule has 5 nitrogen and oxygen atoms in total. The summed E-state index contributed by atoms with van der Waals surface area (Å²) in [5.74, 6) is -1.62. The second-order valence-electron chi connectivity index (χ2n) is 14.0. The highest BCUT2D eigenvalue weighted by atomic mass is 35.5. The van der Waals surface area contributed by atoms with Crippen LogP contribution in [-0.2, 0) is 18.8 Å². The summed E-state index contributed by atoms with van der Waals surface area (Å²) in [6.45, 7) is -0.0545. The molecule has 1 saturated heterocycles. The summed E-state index contributed by atoms with van der Waals surface area (Å²) in [6, 6.07) is 13.6. The minimum Gasteiger partial charge on any atom is -0.349 e. The van der Waals surface area contributed by atoms with E-state index in [-0.39, 0.29) is 49.1 Å². The lowest BCUT2D eigenvalue weighted by atomic mass is 9.73. The molecule has 1 N–H and O–H groups in total. The van der Waals surface area contributed by atoms with E-state index in [2.05, 4.69) is 11.4 Å². The number of nitrogens with zero attached hydrogens (tertiary/aromatic N) is 1. The zero-order valence-electron chi connectivity index (χ0n) is 28.2. The minimum absolute atomic E-state index is 0.0132. The van der Waals surface area contributed by atoms with Crippen LogP contribution < -0.4 is 5.32 Å². The van der Waals surface area contributed by atoms with Crippen LogP contribution in [0.1, 0.15) is 77.7 Å². The Hall–Kier alpha value is -5.42. The van der Waals surface area contributed by atoms with Crippen molar-refractivity contribution in [3.05, 3.63) is 158 Å². The van der Waals surface area contributed by atoms with Crippen LogP contribution in [0.3, 0.4) is 0 Å². The van der Waals surface area contributed by atoms with Gasteiger partial charge in [-0.05, 0) is 101 Å². The number of carbonyl (C=O) groups is 3. The fourth-order valence-electron chi connectivity index (χ4n) is 7.99. The largest absolute Gasteiger partial charge is 0.416 e. The number of amides is 2. The molecule has 2 amide bonds. The predicted octanol–water partition coefficient (Wildman–Crippen LogP) is 9.91. The summed E-state index contributed by atoms with van der Waals surface area (Å²) in [5.41, 5.74) is 1.44. The molecule has 4 aliphatic rings. The first-order valence-corrected chi connectivity index (χ1v) is 17.6. The Morgan fingerprint density at radius 1 is 0.852 bits per heavy atom. The van der Waals surface area contributed by atoms with Crippen LogP contribution in [-0.4, -0.2) is 41.1 Å². The summed E-state index contributed by atoms with van der Waals surface area (Å²) in [4.78, 5) is 42.4. The second kappa shape index (κ2) is 13.2. The predicted molar refractivity (Wildman–Crippen MR) is 192 cm³/mol. The van der Waals surface area contributed by atoms with E-state index in [0.717, 1.165) is 38.6 Å². The van der Waals surface area contributed by atoms with Gasteiger partial charge in [0.25, 0.3) is 11.8 Å². The Kier molecular flexibility index (Phi) is 8.67. The first-order chi connectivity index (χ1) is 25.6. The van der Waals surface area contributed by atoms with Crippen molar-refractivity contribution in [1.82, 2.24) is 10.2 Å². The van der Waals surface area contributed by atoms with Crippen molar-refractivity contribution in [1.29, 1.82) is 0 Å². The van der Waals surface area contributed by atoms with Gasteiger partial charge in [-0.25, -0.2) is 0 Å². The standard InChI is InChI=1S/C42H29ClF6N2O3/c43-30-8-5-22(6-9-30)13-32-21-31(11-12-51(32)40(54)27-16-28(41(44,45)46)20-29(17-27)42(47,48)49)50-39(53)26-15-24-7-10-34-33-4-2-1-3-23(33)14-25-19-36(52)35(18-26)37(24)38(25)34/h1-10,14-20,31-33H,11-13,21H2,(H,50,53)/t31-,32+,33?/m0/s1. The molecule has 8 rings (SSSR count). The maximum Gasteiger partial charge on any atom is 0.416 e. The van der Waals surface area contributed by atoms with E-state index in [1.54, 1.807) is 42.5 Å². The molecule has 1 unspecified atom stereocenters. The number of hydrogen-bond donors (Lipinski definition) is 1. The number of fused-ring (bicyclic) bond motifs is 2. The molecule has 1 aliphatic heterocycles. The average Bonchev–Trinajstić information content (AvgIpc) is 3.13. The van der Waals surface area contributed by atoms with Gasteiger partial charge in [0.15, 0.2) is 5.78 Å². The number of halogens is 7. The maximum atomic E-state index is 13.9. The highest BCUT2D eigenvalue weighted by Gasteiger charge is 2.40. The molecule has 1 fully saturated rings. The van der Waals surface area contributed by atoms with E-state index in [1.165, 1.54) is 4.90 Å². The number of benzene rings is 4. The fraction of sp³-hybridized carbons (Fsp3) is 0.214. The molecule has 3 atom stereocenters. The summed E-state index contributed by atoms with van der Waals surface area (Å²) >= 11 is 6.06. The molecule has 3 aliphatic carbocycles. The van der Waals surface area contributed by atoms with E-state index < -0.39 is 52.9 Å². The van der Waals surface area contributed by atoms with Crippen LogP contribution in [0.4, 0.5) is 26.3 Å². The van der Waals surface area contributed by atoms with Gasteiger partial charge in [-0.1, -0.05) is 66.2 Å². The zero-order valence-corrected chi connectivity index (χ0v) is 28.9. The van der Waals surface area contributed by atoms with Gasteiger partial charge < -0.3 is 10.2 Å². The number of rotatable bonds is 5. The van der Waals surface area contributed by atoms with Crippen molar-refractivity contribution in [2.75, 3.05) is 6.54 Å². The number of nitrogens with one attached hydrogen (secondary N) is 1. The van der Waals surface area contributed by atoms with Crippen molar-refractivity contribution in [3.63, 3.8) is 0 Å². The van der Waals surface area contributed by atoms with E-state index in [4.69, 9.17) is 11.6 Å². The third kappa shape index (κ3) is 6.55. The van der Waals surface area contributed by atoms with Crippen LogP contribution in [0, 0.1) is 0 Å². The minimum atomic E-state index is -5.12. The molecule has 4 aromatic rings. The highest BCUT2D eigenvalue weighted by molar-refractivity contribution is 6.30. The molecule has 0 bridgehead atoms. The van der Waals surface area contributed by atoms with Crippen molar-refractivity contribution >= 4 is 45.5 Å². The van der Waals surface area contributed by atoms with Gasteiger partial charge >= 0.3 is 12.4 Å². The molecular formula is C42H29ClF6N2O3. The van der Waals surface area contributed by atoms with Crippen LogP contribution in [0.15, 0.2) is 109 Å². The summed E-state index contributed by atoms with van der Waals surface area (Å²) in [5, 5.41) is 4.97. The molecule has 54 heavy (non-hydrogen) atoms. The lowest BCUT2D eigenvalue weighted by Crippen LogP contribution is -2.52. The van der Waals surface area contributed by atoms with E-state index in [0.29, 0.717) is 22.7 Å². The Bertz CT molecular complexity index is 2360. The molecule has 12 heteroatoms. The Labute approximate surface area is 310 Å². The average molecular weight is 759 g/mol. The number of likely N-dealkylation sites (tertiary alicyclic amines) is 1. The number of allylic oxidation sites excluding steroid dienone is 8. The topological polar surface area (TPSA) is 66.5 Å². The Balaban J connectivity index is 1.08. The summed E-state index contributed by atoms with van der Waals surface area (Å²) < 4.78 is 82.0. The fourth-order valence-corrected chi connectivity index (χ4v) is 8.11. The van der Waals surface area contributed by atoms with Crippen molar-refractivity contribution in [3.8, 4) is 0 Å². The maximum absolute atomic E-state index is 13.9. The molecule has 4 aromatic carbocycles. The summed E-state index contributed by atoms with van der Waals surface area (Å²) in [6.07, 6.45) is 1.98. The number of alkyl halides is 6. The van der Waals surface area contributed by atoms with Crippen molar-refractivity contribution in [2.24, 2.45) is 0 Å². The van der Waals surface area contributed by atoms with Gasteiger partial charge in [0.05, 0.1) is 11.1 Å². The van der Waals surface area contributed by atoms with Gasteiger partial charge in [-0.3, -0.25) is 14.4 Å². The van der Waals surface area contributed by atoms with Gasteiger partial charge in [-0.2, -0.15) is 26.3 Å². The molecule has 0 spiro atoms. The van der Waals surface area contributed by atoms with E-state index in [9.17, 15) is 40.7 Å². The quantitative estimate of drug-likeness (QED) is 0.206. The third-order valence-corrected chi connectivity index (χ3v) is 10.8. The van der Waals surface area contributed by atoms with Gasteiger partial charge in [0.1, 0.15) is 0 Å². The molecule has 0 radical (unpaired) electrons. The van der Waals surface area contributed by atoms with Gasteiger partial charge in [0, 0.05) is 51.6 Å². The normalized spacial score (nSPS) is 20.4. The Morgan fingerprint density at radius 2 is 1.57 bits per heavy atom. The van der Waals surface area contributed by atoms with Crippen LogP contribution in [0.2, 0.25) is 5.02 Å². The zero-order chi connectivity index (χ0) is 38.1. The third-order valence-electron chi connectivity index (χ3n) is 10.5. The van der Waals surface area contributed by atoms with Crippen LogP contribution in [0.5, 0.6) is 0 Å². The molecule has 0 saturated carbocycles. The molecular weight excluding hydrogens is 730 g/mol. The SMILES string of the molecule is O=C(N[C@H]1CCN(C(=O)c2cc(C(F)(F)F)cc(C(F)(F)F)c2)[C@H](Cc2ccc(Cl)cc2)C1)c1cc2c3c4c(ccc3c1)C1C=CC=CC1=CC4=CC2=O. The monoisotopic (exact) mass is 758 g/mol. The van der Waals surface area contributed by atoms with E-state index in [1.807, 2.05) is 36.4 Å². The smallest absolute Gasteiger partial charge is 0.349 e. The molecule has 1 heterocycles. The molecule has 0 aromatic heterocycles. The first-order valence-electron chi connectivity index (χ1n) is 17.2. The van der Waals surface area contributed by atoms with Crippen LogP contribution >= 0.6 is 11.6 Å². The second-order valence-corrected chi connectivity index (χ2v) is 14.4. The van der Waals surface area contributed by atoms with Gasteiger partial charge in [0.2, 0.25) is 0 Å². The summed E-state index contributed by atoms with van der Waals surface area (Å²) in [7, 11) is 0. The number of carbonyl (C=O) groups excluding carboxylic acids is 3. The molecule has 274 valence electrons.